The van der Waals surface area contributed by atoms with Crippen LogP contribution >= 0.6 is 0 Å². The molecule has 0 atom stereocenters. The Morgan fingerprint density at radius 2 is 1.88 bits per heavy atom. The number of aromatic nitrogens is 2. The van der Waals surface area contributed by atoms with E-state index in [0.717, 1.165) is 18.2 Å². The van der Waals surface area contributed by atoms with E-state index in [-0.39, 0.29) is 0 Å². The van der Waals surface area contributed by atoms with Crippen molar-refractivity contribution in [1.82, 2.24) is 9.97 Å². The number of anilines is 2. The van der Waals surface area contributed by atoms with Crippen LogP contribution in [-0.2, 0) is 0 Å². The fourth-order valence-corrected chi connectivity index (χ4v) is 2.46. The van der Waals surface area contributed by atoms with Gasteiger partial charge in [-0.15, -0.1) is 0 Å². The molecule has 17 heavy (non-hydrogen) atoms. The van der Waals surface area contributed by atoms with Gasteiger partial charge in [-0.3, -0.25) is 4.98 Å². The van der Waals surface area contributed by atoms with E-state index in [0.29, 0.717) is 5.41 Å². The number of nitrogens with zero attached hydrogens (tertiary/aromatic N) is 2. The van der Waals surface area contributed by atoms with Crippen LogP contribution in [0.1, 0.15) is 39.0 Å². The van der Waals surface area contributed by atoms with Gasteiger partial charge in [0.25, 0.3) is 0 Å². The molecule has 94 valence electrons. The molecule has 1 fully saturated rings. The lowest BCUT2D eigenvalue weighted by molar-refractivity contribution is 0.233. The van der Waals surface area contributed by atoms with Crippen LogP contribution in [0.4, 0.5) is 11.6 Å². The Labute approximate surface area is 103 Å². The van der Waals surface area contributed by atoms with Gasteiger partial charge in [0.1, 0.15) is 11.6 Å². The molecule has 2 N–H and O–H groups in total. The third-order valence-electron chi connectivity index (χ3n) is 3.65. The minimum absolute atomic E-state index is 0.426. The average molecular weight is 234 g/mol. The molecular weight excluding hydrogens is 212 g/mol. The van der Waals surface area contributed by atoms with Crippen molar-refractivity contribution in [2.45, 2.75) is 39.0 Å². The summed E-state index contributed by atoms with van der Waals surface area (Å²) in [7, 11) is 1.86. The standard InChI is InChI=1S/C13H22N4/c1-13(6-4-3-5-7-13)10-16-12-9-15-8-11(14-2)17-12/h8-9H,3-7,10H2,1-2H3,(H2,14,16,17). The number of hydrogen-bond donors (Lipinski definition) is 2. The Morgan fingerprint density at radius 1 is 1.18 bits per heavy atom. The maximum absolute atomic E-state index is 4.42. The lowest BCUT2D eigenvalue weighted by atomic mass is 9.76. The maximum atomic E-state index is 4.42. The van der Waals surface area contributed by atoms with Crippen molar-refractivity contribution in [2.75, 3.05) is 24.2 Å². The third-order valence-corrected chi connectivity index (χ3v) is 3.65. The molecule has 1 heterocycles. The highest BCUT2D eigenvalue weighted by molar-refractivity contribution is 5.41. The predicted molar refractivity (Wildman–Crippen MR) is 71.3 cm³/mol. The Hall–Kier alpha value is -1.32. The van der Waals surface area contributed by atoms with Gasteiger partial charge in [0.2, 0.25) is 0 Å². The van der Waals surface area contributed by atoms with E-state index >= 15 is 0 Å². The molecule has 1 aliphatic rings. The van der Waals surface area contributed by atoms with Crippen molar-refractivity contribution >= 4 is 11.6 Å². The quantitative estimate of drug-likeness (QED) is 0.841. The Bertz CT molecular complexity index is 358. The van der Waals surface area contributed by atoms with E-state index in [1.807, 2.05) is 7.05 Å². The van der Waals surface area contributed by atoms with Gasteiger partial charge in [0.15, 0.2) is 0 Å². The van der Waals surface area contributed by atoms with Gasteiger partial charge >= 0.3 is 0 Å². The summed E-state index contributed by atoms with van der Waals surface area (Å²) in [5.41, 5.74) is 0.426. The van der Waals surface area contributed by atoms with Crippen LogP contribution in [0.25, 0.3) is 0 Å². The van der Waals surface area contributed by atoms with Gasteiger partial charge < -0.3 is 10.6 Å². The van der Waals surface area contributed by atoms with Crippen LogP contribution in [0.15, 0.2) is 12.4 Å². The molecule has 0 spiro atoms. The zero-order valence-corrected chi connectivity index (χ0v) is 10.8. The lowest BCUT2D eigenvalue weighted by Crippen LogP contribution is -2.29. The van der Waals surface area contributed by atoms with Gasteiger partial charge in [0.05, 0.1) is 12.4 Å². The first-order valence-electron chi connectivity index (χ1n) is 6.46. The summed E-state index contributed by atoms with van der Waals surface area (Å²) in [6, 6.07) is 0. The van der Waals surface area contributed by atoms with Crippen LogP contribution in [-0.4, -0.2) is 23.6 Å². The average Bonchev–Trinajstić information content (AvgIpc) is 2.38. The monoisotopic (exact) mass is 234 g/mol. The first kappa shape index (κ1) is 12.1. The molecule has 4 heteroatoms. The Kier molecular flexibility index (Phi) is 3.82. The summed E-state index contributed by atoms with van der Waals surface area (Å²) in [6.07, 6.45) is 10.3. The van der Waals surface area contributed by atoms with Crippen molar-refractivity contribution in [1.29, 1.82) is 0 Å². The normalized spacial score (nSPS) is 18.7. The van der Waals surface area contributed by atoms with E-state index in [9.17, 15) is 0 Å². The highest BCUT2D eigenvalue weighted by Gasteiger charge is 2.26. The summed E-state index contributed by atoms with van der Waals surface area (Å²) in [4.78, 5) is 8.58. The highest BCUT2D eigenvalue weighted by Crippen LogP contribution is 2.35. The fraction of sp³-hybridized carbons (Fsp3) is 0.692. The van der Waals surface area contributed by atoms with Gasteiger partial charge in [-0.1, -0.05) is 26.2 Å². The van der Waals surface area contributed by atoms with Crippen molar-refractivity contribution in [3.63, 3.8) is 0 Å². The second-order valence-corrected chi connectivity index (χ2v) is 5.26. The number of rotatable bonds is 4. The fourth-order valence-electron chi connectivity index (χ4n) is 2.46. The van der Waals surface area contributed by atoms with Crippen LogP contribution in [0.5, 0.6) is 0 Å². The van der Waals surface area contributed by atoms with Crippen LogP contribution in [0.2, 0.25) is 0 Å². The third kappa shape index (κ3) is 3.32. The summed E-state index contributed by atoms with van der Waals surface area (Å²) in [6.45, 7) is 3.36. The molecule has 4 nitrogen and oxygen atoms in total. The number of nitrogens with one attached hydrogen (secondary N) is 2. The van der Waals surface area contributed by atoms with Crippen molar-refractivity contribution in [3.05, 3.63) is 12.4 Å². The molecule has 0 unspecified atom stereocenters. The molecule has 1 aliphatic carbocycles. The molecule has 1 saturated carbocycles. The van der Waals surface area contributed by atoms with Gasteiger partial charge in [-0.2, -0.15) is 0 Å². The zero-order chi connectivity index (χ0) is 12.1. The van der Waals surface area contributed by atoms with Crippen LogP contribution in [0, 0.1) is 5.41 Å². The molecule has 2 rings (SSSR count). The first-order valence-corrected chi connectivity index (χ1v) is 6.46. The summed E-state index contributed by atoms with van der Waals surface area (Å²) < 4.78 is 0. The van der Waals surface area contributed by atoms with Gasteiger partial charge in [0, 0.05) is 13.6 Å². The molecule has 0 aliphatic heterocycles. The largest absolute Gasteiger partial charge is 0.372 e. The summed E-state index contributed by atoms with van der Waals surface area (Å²) >= 11 is 0. The summed E-state index contributed by atoms with van der Waals surface area (Å²) in [5, 5.41) is 6.42. The van der Waals surface area contributed by atoms with Crippen molar-refractivity contribution in [2.24, 2.45) is 5.41 Å². The van der Waals surface area contributed by atoms with Crippen molar-refractivity contribution in [3.8, 4) is 0 Å². The number of hydrogen-bond acceptors (Lipinski definition) is 4. The second-order valence-electron chi connectivity index (χ2n) is 5.26. The molecule has 0 amide bonds. The molecule has 0 radical (unpaired) electrons. The second kappa shape index (κ2) is 5.34. The predicted octanol–water partition coefficient (Wildman–Crippen LogP) is 2.90. The SMILES string of the molecule is CNc1cncc(NCC2(C)CCCCC2)n1. The smallest absolute Gasteiger partial charge is 0.146 e. The van der Waals surface area contributed by atoms with Gasteiger partial charge in [-0.05, 0) is 18.3 Å². The first-order chi connectivity index (χ1) is 8.22. The minimum Gasteiger partial charge on any atom is -0.372 e. The van der Waals surface area contributed by atoms with Gasteiger partial charge in [-0.25, -0.2) is 4.98 Å². The van der Waals surface area contributed by atoms with Crippen LogP contribution in [0.3, 0.4) is 0 Å². The molecule has 0 aromatic carbocycles. The Balaban J connectivity index is 1.92. The van der Waals surface area contributed by atoms with E-state index in [4.69, 9.17) is 0 Å². The maximum Gasteiger partial charge on any atom is 0.146 e. The van der Waals surface area contributed by atoms with E-state index < -0.39 is 0 Å². The Morgan fingerprint density at radius 3 is 2.59 bits per heavy atom. The van der Waals surface area contributed by atoms with E-state index in [1.165, 1.54) is 32.1 Å². The summed E-state index contributed by atoms with van der Waals surface area (Å²) in [5.74, 6) is 1.67. The molecular formula is C13H22N4. The van der Waals surface area contributed by atoms with Crippen LogP contribution < -0.4 is 10.6 Å². The molecule has 1 aromatic rings. The van der Waals surface area contributed by atoms with E-state index in [1.54, 1.807) is 12.4 Å². The minimum atomic E-state index is 0.426. The van der Waals surface area contributed by atoms with E-state index in [2.05, 4.69) is 27.5 Å². The highest BCUT2D eigenvalue weighted by atomic mass is 15.1. The molecule has 0 bridgehead atoms. The topological polar surface area (TPSA) is 49.8 Å². The molecule has 0 saturated heterocycles. The molecule has 1 aromatic heterocycles. The lowest BCUT2D eigenvalue weighted by Gasteiger charge is -2.33. The van der Waals surface area contributed by atoms with Crippen molar-refractivity contribution < 1.29 is 0 Å². The zero-order valence-electron chi connectivity index (χ0n) is 10.8.